The van der Waals surface area contributed by atoms with Gasteiger partial charge < -0.3 is 15.7 Å². The third-order valence-electron chi connectivity index (χ3n) is 2.30. The fraction of sp³-hybridized carbons (Fsp3) is 0.444. The molecule has 6 nitrogen and oxygen atoms in total. The fourth-order valence-corrected chi connectivity index (χ4v) is 1.97. The van der Waals surface area contributed by atoms with Gasteiger partial charge in [-0.2, -0.15) is 0 Å². The van der Waals surface area contributed by atoms with Gasteiger partial charge in [0.15, 0.2) is 5.13 Å². The molecule has 7 heteroatoms. The smallest absolute Gasteiger partial charge is 0.323 e. The first-order chi connectivity index (χ1) is 7.58. The second-order valence-electron chi connectivity index (χ2n) is 3.63. The van der Waals surface area contributed by atoms with Gasteiger partial charge in [0.2, 0.25) is 0 Å². The van der Waals surface area contributed by atoms with Crippen LogP contribution in [0.3, 0.4) is 0 Å². The number of anilines is 1. The SMILES string of the molecule is Nc1nc(C(=O)N(CC(=O)O)C2CC2)cs1. The normalized spacial score (nSPS) is 14.8. The first-order valence-corrected chi connectivity index (χ1v) is 5.69. The first kappa shape index (κ1) is 10.9. The molecule has 1 aliphatic carbocycles. The van der Waals surface area contributed by atoms with Crippen LogP contribution in [0.25, 0.3) is 0 Å². The lowest BCUT2D eigenvalue weighted by molar-refractivity contribution is -0.137. The number of nitrogens with zero attached hydrogens (tertiary/aromatic N) is 2. The van der Waals surface area contributed by atoms with Crippen LogP contribution in [0.2, 0.25) is 0 Å². The van der Waals surface area contributed by atoms with Crippen molar-refractivity contribution in [1.29, 1.82) is 0 Å². The minimum absolute atomic E-state index is 0.0477. The fourth-order valence-electron chi connectivity index (χ4n) is 1.43. The average molecular weight is 241 g/mol. The van der Waals surface area contributed by atoms with E-state index in [0.717, 1.165) is 12.8 Å². The number of nitrogens with two attached hydrogens (primary N) is 1. The highest BCUT2D eigenvalue weighted by atomic mass is 32.1. The number of thiazole rings is 1. The van der Waals surface area contributed by atoms with Crippen molar-refractivity contribution in [3.05, 3.63) is 11.1 Å². The zero-order valence-corrected chi connectivity index (χ0v) is 9.24. The molecule has 16 heavy (non-hydrogen) atoms. The zero-order valence-electron chi connectivity index (χ0n) is 8.42. The molecule has 0 saturated heterocycles. The molecular formula is C9H11N3O3S. The minimum Gasteiger partial charge on any atom is -0.480 e. The molecule has 1 amide bonds. The van der Waals surface area contributed by atoms with Gasteiger partial charge in [0.05, 0.1) is 0 Å². The summed E-state index contributed by atoms with van der Waals surface area (Å²) in [7, 11) is 0. The molecule has 2 rings (SSSR count). The molecule has 3 N–H and O–H groups in total. The van der Waals surface area contributed by atoms with Crippen molar-refractivity contribution in [1.82, 2.24) is 9.88 Å². The Balaban J connectivity index is 2.13. The van der Waals surface area contributed by atoms with Crippen molar-refractivity contribution < 1.29 is 14.7 Å². The number of nitrogen functional groups attached to an aromatic ring is 1. The maximum Gasteiger partial charge on any atom is 0.323 e. The number of carboxylic acids is 1. The highest BCUT2D eigenvalue weighted by Crippen LogP contribution is 2.28. The van der Waals surface area contributed by atoms with Crippen LogP contribution in [0.4, 0.5) is 5.13 Å². The van der Waals surface area contributed by atoms with Crippen LogP contribution in [-0.4, -0.2) is 39.5 Å². The lowest BCUT2D eigenvalue weighted by Gasteiger charge is -2.18. The standard InChI is InChI=1S/C9H11N3O3S/c10-9-11-6(4-16-9)8(15)12(3-7(13)14)5-1-2-5/h4-5H,1-3H2,(H2,10,11)(H,13,14). The molecule has 0 unspecified atom stereocenters. The number of carbonyl (C=O) groups excluding carboxylic acids is 1. The maximum absolute atomic E-state index is 11.9. The number of hydrogen-bond acceptors (Lipinski definition) is 5. The van der Waals surface area contributed by atoms with Gasteiger partial charge in [-0.25, -0.2) is 4.98 Å². The molecular weight excluding hydrogens is 230 g/mol. The number of aliphatic carboxylic acids is 1. The van der Waals surface area contributed by atoms with Gasteiger partial charge in [0, 0.05) is 11.4 Å². The quantitative estimate of drug-likeness (QED) is 0.796. The number of rotatable bonds is 4. The number of carbonyl (C=O) groups is 2. The lowest BCUT2D eigenvalue weighted by Crippen LogP contribution is -2.37. The van der Waals surface area contributed by atoms with Crippen molar-refractivity contribution in [3.63, 3.8) is 0 Å². The van der Waals surface area contributed by atoms with E-state index in [1.165, 1.54) is 16.2 Å². The lowest BCUT2D eigenvalue weighted by atomic mass is 10.3. The Morgan fingerprint density at radius 1 is 1.62 bits per heavy atom. The van der Waals surface area contributed by atoms with Gasteiger partial charge >= 0.3 is 5.97 Å². The van der Waals surface area contributed by atoms with E-state index in [-0.39, 0.29) is 24.2 Å². The summed E-state index contributed by atoms with van der Waals surface area (Å²) >= 11 is 1.17. The van der Waals surface area contributed by atoms with E-state index < -0.39 is 5.97 Å². The Hall–Kier alpha value is -1.63. The topological polar surface area (TPSA) is 96.5 Å². The van der Waals surface area contributed by atoms with Crippen LogP contribution in [0.1, 0.15) is 23.3 Å². The van der Waals surface area contributed by atoms with Gasteiger partial charge in [-0.1, -0.05) is 0 Å². The van der Waals surface area contributed by atoms with Gasteiger partial charge in [0.25, 0.3) is 5.91 Å². The summed E-state index contributed by atoms with van der Waals surface area (Å²) < 4.78 is 0. The minimum atomic E-state index is -1.01. The summed E-state index contributed by atoms with van der Waals surface area (Å²) in [4.78, 5) is 27.8. The second-order valence-corrected chi connectivity index (χ2v) is 4.52. The molecule has 1 heterocycles. The third kappa shape index (κ3) is 2.30. The van der Waals surface area contributed by atoms with E-state index in [0.29, 0.717) is 5.13 Å². The summed E-state index contributed by atoms with van der Waals surface area (Å²) in [6.07, 6.45) is 1.72. The van der Waals surface area contributed by atoms with Crippen LogP contribution < -0.4 is 5.73 Å². The molecule has 1 fully saturated rings. The van der Waals surface area contributed by atoms with E-state index in [4.69, 9.17) is 10.8 Å². The number of carboxylic acid groups (broad SMARTS) is 1. The predicted molar refractivity (Wildman–Crippen MR) is 58.2 cm³/mol. The molecule has 1 aliphatic rings. The molecule has 0 aliphatic heterocycles. The Morgan fingerprint density at radius 2 is 2.31 bits per heavy atom. The van der Waals surface area contributed by atoms with Gasteiger partial charge in [0.1, 0.15) is 12.2 Å². The van der Waals surface area contributed by atoms with E-state index >= 15 is 0 Å². The van der Waals surface area contributed by atoms with Gasteiger partial charge in [-0.3, -0.25) is 9.59 Å². The molecule has 0 spiro atoms. The molecule has 0 bridgehead atoms. The van der Waals surface area contributed by atoms with Crippen LogP contribution in [0, 0.1) is 0 Å². The monoisotopic (exact) mass is 241 g/mol. The Bertz CT molecular complexity index is 427. The van der Waals surface area contributed by atoms with Crippen LogP contribution >= 0.6 is 11.3 Å². The molecule has 86 valence electrons. The second kappa shape index (κ2) is 4.09. The number of hydrogen-bond donors (Lipinski definition) is 2. The van der Waals surface area contributed by atoms with Crippen LogP contribution in [0.15, 0.2) is 5.38 Å². The highest BCUT2D eigenvalue weighted by Gasteiger charge is 2.35. The highest BCUT2D eigenvalue weighted by molar-refractivity contribution is 7.13. The maximum atomic E-state index is 11.9. The van der Waals surface area contributed by atoms with Crippen molar-refractivity contribution in [2.45, 2.75) is 18.9 Å². The third-order valence-corrected chi connectivity index (χ3v) is 2.97. The molecule has 1 aromatic rings. The van der Waals surface area contributed by atoms with Crippen molar-refractivity contribution >= 4 is 28.3 Å². The van der Waals surface area contributed by atoms with E-state index in [1.807, 2.05) is 0 Å². The van der Waals surface area contributed by atoms with Crippen LogP contribution in [-0.2, 0) is 4.79 Å². The Morgan fingerprint density at radius 3 is 2.75 bits per heavy atom. The number of amides is 1. The molecule has 0 radical (unpaired) electrons. The largest absolute Gasteiger partial charge is 0.480 e. The van der Waals surface area contributed by atoms with Gasteiger partial charge in [-0.05, 0) is 12.8 Å². The molecule has 1 aromatic heterocycles. The summed E-state index contributed by atoms with van der Waals surface area (Å²) in [5.74, 6) is -1.36. The van der Waals surface area contributed by atoms with E-state index in [1.54, 1.807) is 5.38 Å². The Kier molecular flexibility index (Phi) is 2.78. The molecule has 1 saturated carbocycles. The van der Waals surface area contributed by atoms with Crippen molar-refractivity contribution in [2.75, 3.05) is 12.3 Å². The van der Waals surface area contributed by atoms with Crippen molar-refractivity contribution in [3.8, 4) is 0 Å². The first-order valence-electron chi connectivity index (χ1n) is 4.81. The van der Waals surface area contributed by atoms with E-state index in [9.17, 15) is 9.59 Å². The van der Waals surface area contributed by atoms with Gasteiger partial charge in [-0.15, -0.1) is 11.3 Å². The average Bonchev–Trinajstić information content (AvgIpc) is 2.96. The van der Waals surface area contributed by atoms with Crippen molar-refractivity contribution in [2.24, 2.45) is 0 Å². The van der Waals surface area contributed by atoms with Crippen LogP contribution in [0.5, 0.6) is 0 Å². The Labute approximate surface area is 95.7 Å². The summed E-state index contributed by atoms with van der Waals surface area (Å²) in [5.41, 5.74) is 5.66. The molecule has 0 aromatic carbocycles. The van der Waals surface area contributed by atoms with E-state index in [2.05, 4.69) is 4.98 Å². The summed E-state index contributed by atoms with van der Waals surface area (Å²) in [6, 6.07) is 0.0477. The summed E-state index contributed by atoms with van der Waals surface area (Å²) in [5, 5.41) is 10.6. The number of aromatic nitrogens is 1. The zero-order chi connectivity index (χ0) is 11.7. The predicted octanol–water partition coefficient (Wildman–Crippen LogP) is 0.414. The summed E-state index contributed by atoms with van der Waals surface area (Å²) in [6.45, 7) is -0.277. The molecule has 0 atom stereocenters.